The number of carbonyl (C=O) groups excluding carboxylic acids is 1. The Kier molecular flexibility index (Phi) is 2.92. The molecule has 1 aliphatic carbocycles. The van der Waals surface area contributed by atoms with Crippen molar-refractivity contribution in [3.8, 4) is 5.75 Å². The van der Waals surface area contributed by atoms with Crippen LogP contribution in [0, 0.1) is 0 Å². The average Bonchev–Trinajstić information content (AvgIpc) is 2.65. The number of aromatic hydroxyl groups is 1. The van der Waals surface area contributed by atoms with E-state index in [1.165, 1.54) is 24.3 Å². The zero-order chi connectivity index (χ0) is 24.4. The Bertz CT molecular complexity index is 1050. The predicted molar refractivity (Wildman–Crippen MR) is 94.6 cm³/mol. The minimum atomic E-state index is -3.14. The lowest BCUT2D eigenvalue weighted by Crippen LogP contribution is -2.09. The van der Waals surface area contributed by atoms with Crippen LogP contribution in [0.5, 0.6) is 5.75 Å². The van der Waals surface area contributed by atoms with Crippen LogP contribution in [0.25, 0.3) is 6.08 Å². The molecule has 0 spiro atoms. The summed E-state index contributed by atoms with van der Waals surface area (Å²) in [6.45, 7) is -6.27. The van der Waals surface area contributed by atoms with Crippen LogP contribution in [-0.4, -0.2) is 21.1 Å². The molecule has 1 aromatic carbocycles. The lowest BCUT2D eigenvalue weighted by atomic mass is 9.94. The summed E-state index contributed by atoms with van der Waals surface area (Å²) in [5, 5.41) is 30.2. The van der Waals surface area contributed by atoms with E-state index in [-0.39, 0.29) is 11.3 Å². The maximum absolute atomic E-state index is 12.4. The summed E-state index contributed by atoms with van der Waals surface area (Å²) in [4.78, 5) is 12.4. The van der Waals surface area contributed by atoms with Gasteiger partial charge in [0.2, 0.25) is 0 Å². The second-order valence-corrected chi connectivity index (χ2v) is 4.90. The van der Waals surface area contributed by atoms with Crippen molar-refractivity contribution in [1.82, 2.24) is 0 Å². The summed E-state index contributed by atoms with van der Waals surface area (Å²) in [5.41, 5.74) is -1.47. The minimum absolute atomic E-state index is 0.0373. The van der Waals surface area contributed by atoms with E-state index >= 15 is 0 Å². The molecule has 0 atom stereocenters. The van der Waals surface area contributed by atoms with Gasteiger partial charge < -0.3 is 15.3 Å². The van der Waals surface area contributed by atoms with Crippen LogP contribution in [0.2, 0.25) is 0 Å². The zero-order valence-electron chi connectivity index (χ0n) is 20.5. The summed E-state index contributed by atoms with van der Waals surface area (Å²) in [5.74, 6) is -2.32. The quantitative estimate of drug-likeness (QED) is 0.559. The fraction of sp³-hybridized carbons (Fsp3) is 0.150. The van der Waals surface area contributed by atoms with E-state index in [4.69, 9.17) is 11.0 Å². The lowest BCUT2D eigenvalue weighted by Gasteiger charge is -2.13. The Morgan fingerprint density at radius 2 is 2.00 bits per heavy atom. The summed E-state index contributed by atoms with van der Waals surface area (Å²) < 4.78 is 60.2. The number of rotatable bonds is 4. The summed E-state index contributed by atoms with van der Waals surface area (Å²) in [6.07, 6.45) is 2.65. The Hall–Kier alpha value is -3.01. The zero-order valence-corrected chi connectivity index (χ0v) is 12.5. The molecule has 0 radical (unpaired) electrons. The minimum Gasteiger partial charge on any atom is -0.508 e. The summed E-state index contributed by atoms with van der Waals surface area (Å²) in [7, 11) is 0. The van der Waals surface area contributed by atoms with Gasteiger partial charge in [0.25, 0.3) is 0 Å². The van der Waals surface area contributed by atoms with Gasteiger partial charge in [0.1, 0.15) is 17.3 Å². The molecule has 0 aliphatic heterocycles. The van der Waals surface area contributed by atoms with E-state index < -0.39 is 60.7 Å². The number of hydrogen-bond acceptors (Lipinski definition) is 4. The van der Waals surface area contributed by atoms with Crippen molar-refractivity contribution >= 4 is 11.9 Å². The number of phenolic OH excluding ortho intramolecular Hbond substituents is 1. The van der Waals surface area contributed by atoms with Crippen molar-refractivity contribution < 1.29 is 31.1 Å². The molecule has 4 nitrogen and oxygen atoms in total. The molecule has 0 amide bonds. The number of phenols is 1. The van der Waals surface area contributed by atoms with Gasteiger partial charge >= 0.3 is 0 Å². The van der Waals surface area contributed by atoms with E-state index in [0.29, 0.717) is 5.56 Å². The third-order valence-electron chi connectivity index (χ3n) is 3.21. The van der Waals surface area contributed by atoms with Crippen LogP contribution in [0.3, 0.4) is 0 Å². The third-order valence-corrected chi connectivity index (χ3v) is 3.21. The Balaban J connectivity index is 2.53. The molecule has 3 N–H and O–H groups in total. The Morgan fingerprint density at radius 3 is 2.67 bits per heavy atom. The molecule has 0 aromatic heterocycles. The average molecular weight is 332 g/mol. The van der Waals surface area contributed by atoms with Crippen LogP contribution in [0.15, 0.2) is 76.8 Å². The molecule has 1 aliphatic rings. The Labute approximate surface area is 152 Å². The molecule has 2 rings (SSSR count). The van der Waals surface area contributed by atoms with Gasteiger partial charge in [0.05, 0.1) is 8.31 Å². The predicted octanol–water partition coefficient (Wildman–Crippen LogP) is 4.52. The molecule has 0 fully saturated rings. The monoisotopic (exact) mass is 332 g/mol. The van der Waals surface area contributed by atoms with Gasteiger partial charge in [0, 0.05) is 13.8 Å². The highest BCUT2D eigenvalue weighted by Gasteiger charge is 2.20. The number of hydrogen-bond donors (Lipinski definition) is 3. The molecular formula is C20H20O4. The number of ketones is 1. The van der Waals surface area contributed by atoms with Crippen molar-refractivity contribution in [3.63, 3.8) is 0 Å². The van der Waals surface area contributed by atoms with Crippen LogP contribution < -0.4 is 0 Å². The first-order valence-electron chi connectivity index (χ1n) is 10.9. The Morgan fingerprint density at radius 1 is 1.29 bits per heavy atom. The largest absolute Gasteiger partial charge is 0.508 e. The van der Waals surface area contributed by atoms with Crippen LogP contribution in [0.4, 0.5) is 0 Å². The van der Waals surface area contributed by atoms with Crippen molar-refractivity contribution in [1.29, 1.82) is 0 Å². The van der Waals surface area contributed by atoms with Gasteiger partial charge in [-0.1, -0.05) is 29.8 Å². The van der Waals surface area contributed by atoms with Crippen LogP contribution in [-0.2, 0) is 4.79 Å². The number of aliphatic hydroxyl groups is 2. The number of carbonyl (C=O) groups is 1. The fourth-order valence-corrected chi connectivity index (χ4v) is 1.95. The smallest absolute Gasteiger partial charge is 0.185 e. The molecule has 0 unspecified atom stereocenters. The van der Waals surface area contributed by atoms with Crippen molar-refractivity contribution in [3.05, 3.63) is 82.3 Å². The second kappa shape index (κ2) is 7.51. The first-order chi connectivity index (χ1) is 14.6. The van der Waals surface area contributed by atoms with Gasteiger partial charge in [0.15, 0.2) is 5.78 Å². The van der Waals surface area contributed by atoms with E-state index in [9.17, 15) is 20.1 Å². The fourth-order valence-electron chi connectivity index (χ4n) is 1.95. The highest BCUT2D eigenvalue weighted by molar-refractivity contribution is 6.07. The van der Waals surface area contributed by atoms with Crippen molar-refractivity contribution in [2.24, 2.45) is 0 Å². The SMILES string of the molecule is [2H]C1=C/C(=C(O)\C=C\c2ccc(O)cc2)C(O)=C(CC([2H])=C(C([2H])([2H])[2H])C([2H])([2H])[2H])C1=O. The third kappa shape index (κ3) is 4.26. The highest BCUT2D eigenvalue weighted by Crippen LogP contribution is 2.26. The maximum Gasteiger partial charge on any atom is 0.185 e. The normalized spacial score (nSPS) is 23.0. The van der Waals surface area contributed by atoms with E-state index in [1.54, 1.807) is 12.1 Å². The maximum atomic E-state index is 12.4. The second-order valence-electron chi connectivity index (χ2n) is 4.90. The molecule has 1 aromatic rings. The first kappa shape index (κ1) is 9.33. The molecule has 124 valence electrons. The molecule has 0 heterocycles. The van der Waals surface area contributed by atoms with Gasteiger partial charge in [-0.05, 0) is 56.0 Å². The molecule has 0 saturated heterocycles. The van der Waals surface area contributed by atoms with Crippen LogP contribution >= 0.6 is 0 Å². The van der Waals surface area contributed by atoms with Crippen molar-refractivity contribution in [2.45, 2.75) is 20.1 Å². The van der Waals surface area contributed by atoms with Gasteiger partial charge in [-0.2, -0.15) is 0 Å². The van der Waals surface area contributed by atoms with Crippen LogP contribution in [0.1, 0.15) is 36.7 Å². The molecule has 0 bridgehead atoms. The van der Waals surface area contributed by atoms with E-state index in [0.717, 1.165) is 6.08 Å². The first-order valence-corrected chi connectivity index (χ1v) is 6.89. The molecule has 4 heteroatoms. The molecule has 24 heavy (non-hydrogen) atoms. The van der Waals surface area contributed by atoms with E-state index in [2.05, 4.69) is 0 Å². The van der Waals surface area contributed by atoms with Crippen molar-refractivity contribution in [2.75, 3.05) is 0 Å². The van der Waals surface area contributed by atoms with Gasteiger partial charge in [-0.25, -0.2) is 0 Å². The number of allylic oxidation sites excluding steroid dienone is 6. The summed E-state index contributed by atoms with van der Waals surface area (Å²) >= 11 is 0. The standard InChI is InChI=1S/C20H20O4/c1-13(2)3-9-16-19(23)12-10-17(20(16)24)18(22)11-6-14-4-7-15(21)8-5-14/h3-8,10-12,21-22,24H,9H2,1-2H3/b11-6+,18-17-/i1D3,2D3,3D,12D. The van der Waals surface area contributed by atoms with Gasteiger partial charge in [-0.3, -0.25) is 4.79 Å². The lowest BCUT2D eigenvalue weighted by molar-refractivity contribution is -0.111. The van der Waals surface area contributed by atoms with E-state index in [1.807, 2.05) is 0 Å². The molecule has 0 saturated carbocycles. The highest BCUT2D eigenvalue weighted by atomic mass is 16.3. The van der Waals surface area contributed by atoms with Gasteiger partial charge in [-0.15, -0.1) is 0 Å². The number of benzene rings is 1. The summed E-state index contributed by atoms with van der Waals surface area (Å²) in [6, 6.07) is 4.36. The number of aliphatic hydroxyl groups excluding tert-OH is 2. The molecular weight excluding hydrogens is 304 g/mol. The topological polar surface area (TPSA) is 77.8 Å².